The summed E-state index contributed by atoms with van der Waals surface area (Å²) in [5.74, 6) is 0.463. The van der Waals surface area contributed by atoms with Crippen molar-refractivity contribution in [2.45, 2.75) is 25.0 Å². The van der Waals surface area contributed by atoms with Crippen molar-refractivity contribution >= 4 is 21.4 Å². The Morgan fingerprint density at radius 3 is 2.62 bits per heavy atom. The molecule has 0 aliphatic rings. The molecule has 0 saturated heterocycles. The average molecular weight is 327 g/mol. The van der Waals surface area contributed by atoms with Crippen molar-refractivity contribution in [3.63, 3.8) is 0 Å². The van der Waals surface area contributed by atoms with E-state index >= 15 is 0 Å². The van der Waals surface area contributed by atoms with E-state index in [9.17, 15) is 13.5 Å². The van der Waals surface area contributed by atoms with Gasteiger partial charge in [-0.05, 0) is 37.3 Å². The first-order chi connectivity index (χ1) is 9.96. The van der Waals surface area contributed by atoms with Gasteiger partial charge in [0.1, 0.15) is 5.75 Å². The van der Waals surface area contributed by atoms with Gasteiger partial charge in [-0.3, -0.25) is 0 Å². The summed E-state index contributed by atoms with van der Waals surface area (Å²) in [6.07, 6.45) is 0. The molecule has 0 unspecified atom stereocenters. The fourth-order valence-electron chi connectivity index (χ4n) is 1.88. The number of benzene rings is 1. The molecule has 1 aromatic heterocycles. The molecule has 114 valence electrons. The summed E-state index contributed by atoms with van der Waals surface area (Å²) in [6.45, 7) is 1.94. The molecule has 0 bridgehead atoms. The standard InChI is InChI=1S/C14H17NO4S2/c1-10-3-4-12(20-10)8-15-21(17,18)13-5-6-14(19-2)11(7-13)9-16/h3-7,15-16H,8-9H2,1-2H3. The molecular weight excluding hydrogens is 310 g/mol. The van der Waals surface area contributed by atoms with E-state index in [1.54, 1.807) is 11.3 Å². The average Bonchev–Trinajstić information content (AvgIpc) is 2.90. The largest absolute Gasteiger partial charge is 0.496 e. The number of ether oxygens (including phenoxy) is 1. The summed E-state index contributed by atoms with van der Waals surface area (Å²) in [7, 11) is -2.14. The third-order valence-corrected chi connectivity index (χ3v) is 5.36. The van der Waals surface area contributed by atoms with Gasteiger partial charge in [-0.25, -0.2) is 13.1 Å². The molecule has 2 N–H and O–H groups in total. The SMILES string of the molecule is COc1ccc(S(=O)(=O)NCc2ccc(C)s2)cc1CO. The van der Waals surface area contributed by atoms with Crippen LogP contribution in [0.2, 0.25) is 0 Å². The maximum Gasteiger partial charge on any atom is 0.240 e. The minimum Gasteiger partial charge on any atom is -0.496 e. The zero-order chi connectivity index (χ0) is 15.5. The Hall–Kier alpha value is -1.41. The molecule has 21 heavy (non-hydrogen) atoms. The molecule has 2 aromatic rings. The summed E-state index contributed by atoms with van der Waals surface area (Å²) in [6, 6.07) is 8.26. The second-order valence-electron chi connectivity index (χ2n) is 4.47. The highest BCUT2D eigenvalue weighted by molar-refractivity contribution is 7.89. The molecule has 0 saturated carbocycles. The summed E-state index contributed by atoms with van der Waals surface area (Å²) < 4.78 is 32.1. The molecule has 5 nitrogen and oxygen atoms in total. The Morgan fingerprint density at radius 2 is 2.05 bits per heavy atom. The Morgan fingerprint density at radius 1 is 1.29 bits per heavy atom. The van der Waals surface area contributed by atoms with Crippen LogP contribution in [-0.2, 0) is 23.2 Å². The highest BCUT2D eigenvalue weighted by Crippen LogP contribution is 2.23. The number of aryl methyl sites for hydroxylation is 1. The van der Waals surface area contributed by atoms with Gasteiger partial charge in [-0.15, -0.1) is 11.3 Å². The van der Waals surface area contributed by atoms with E-state index in [0.717, 1.165) is 9.75 Å². The van der Waals surface area contributed by atoms with Crippen molar-refractivity contribution in [1.29, 1.82) is 0 Å². The fourth-order valence-corrected chi connectivity index (χ4v) is 3.85. The Bertz CT molecular complexity index is 722. The van der Waals surface area contributed by atoms with Gasteiger partial charge in [0.05, 0.1) is 18.6 Å². The molecule has 2 rings (SSSR count). The molecule has 7 heteroatoms. The van der Waals surface area contributed by atoms with Gasteiger partial charge in [0.15, 0.2) is 0 Å². The van der Waals surface area contributed by atoms with Crippen molar-refractivity contribution < 1.29 is 18.3 Å². The van der Waals surface area contributed by atoms with Crippen molar-refractivity contribution in [3.8, 4) is 5.75 Å². The molecule has 1 heterocycles. The van der Waals surface area contributed by atoms with Gasteiger partial charge < -0.3 is 9.84 Å². The Labute approximate surface area is 128 Å². The van der Waals surface area contributed by atoms with Crippen LogP contribution in [0, 0.1) is 6.92 Å². The zero-order valence-corrected chi connectivity index (χ0v) is 13.4. The number of nitrogens with one attached hydrogen (secondary N) is 1. The number of thiophene rings is 1. The highest BCUT2D eigenvalue weighted by atomic mass is 32.2. The number of hydrogen-bond acceptors (Lipinski definition) is 5. The second kappa shape index (κ2) is 6.57. The lowest BCUT2D eigenvalue weighted by Crippen LogP contribution is -2.23. The fraction of sp³-hybridized carbons (Fsp3) is 0.286. The van der Waals surface area contributed by atoms with Gasteiger partial charge in [0.2, 0.25) is 10.0 Å². The van der Waals surface area contributed by atoms with Gasteiger partial charge in [-0.1, -0.05) is 0 Å². The molecule has 0 aliphatic heterocycles. The van der Waals surface area contributed by atoms with Crippen LogP contribution in [0.3, 0.4) is 0 Å². The van der Waals surface area contributed by atoms with E-state index in [-0.39, 0.29) is 18.0 Å². The summed E-state index contributed by atoms with van der Waals surface area (Å²) >= 11 is 1.55. The number of sulfonamides is 1. The van der Waals surface area contributed by atoms with Crippen LogP contribution < -0.4 is 9.46 Å². The maximum absolute atomic E-state index is 12.3. The van der Waals surface area contributed by atoms with Crippen molar-refractivity contribution in [1.82, 2.24) is 4.72 Å². The topological polar surface area (TPSA) is 75.6 Å². The molecule has 0 radical (unpaired) electrons. The predicted octanol–water partition coefficient (Wildman–Crippen LogP) is 2.04. The van der Waals surface area contributed by atoms with Crippen LogP contribution in [0.4, 0.5) is 0 Å². The van der Waals surface area contributed by atoms with Crippen LogP contribution in [0.5, 0.6) is 5.75 Å². The van der Waals surface area contributed by atoms with Crippen molar-refractivity contribution in [3.05, 3.63) is 45.6 Å². The molecular formula is C14H17NO4S2. The second-order valence-corrected chi connectivity index (χ2v) is 7.61. The van der Waals surface area contributed by atoms with E-state index in [2.05, 4.69) is 4.72 Å². The van der Waals surface area contributed by atoms with E-state index in [4.69, 9.17) is 4.74 Å². The van der Waals surface area contributed by atoms with Crippen LogP contribution in [0.1, 0.15) is 15.3 Å². The quantitative estimate of drug-likeness (QED) is 0.851. The number of hydrogen-bond donors (Lipinski definition) is 2. The van der Waals surface area contributed by atoms with Crippen LogP contribution in [0.25, 0.3) is 0 Å². The molecule has 0 fully saturated rings. The minimum absolute atomic E-state index is 0.112. The monoisotopic (exact) mass is 327 g/mol. The minimum atomic E-state index is -3.62. The first-order valence-electron chi connectivity index (χ1n) is 6.29. The normalized spacial score (nSPS) is 11.6. The first-order valence-corrected chi connectivity index (χ1v) is 8.59. The van der Waals surface area contributed by atoms with Crippen molar-refractivity contribution in [2.24, 2.45) is 0 Å². The summed E-state index contributed by atoms with van der Waals surface area (Å²) in [5, 5.41) is 9.26. The lowest BCUT2D eigenvalue weighted by Gasteiger charge is -2.10. The lowest BCUT2D eigenvalue weighted by molar-refractivity contribution is 0.273. The smallest absolute Gasteiger partial charge is 0.240 e. The van der Waals surface area contributed by atoms with E-state index in [1.165, 1.54) is 25.3 Å². The van der Waals surface area contributed by atoms with Gasteiger partial charge in [0.25, 0.3) is 0 Å². The summed E-state index contributed by atoms with van der Waals surface area (Å²) in [5.41, 5.74) is 0.437. The van der Waals surface area contributed by atoms with Gasteiger partial charge in [0, 0.05) is 21.9 Å². The summed E-state index contributed by atoms with van der Waals surface area (Å²) in [4.78, 5) is 2.20. The van der Waals surface area contributed by atoms with E-state index < -0.39 is 10.0 Å². The van der Waals surface area contributed by atoms with E-state index in [0.29, 0.717) is 11.3 Å². The third kappa shape index (κ3) is 3.82. The van der Waals surface area contributed by atoms with Crippen LogP contribution in [-0.4, -0.2) is 20.6 Å². The van der Waals surface area contributed by atoms with Crippen LogP contribution >= 0.6 is 11.3 Å². The number of methoxy groups -OCH3 is 1. The molecule has 0 amide bonds. The number of aliphatic hydroxyl groups excluding tert-OH is 1. The number of rotatable bonds is 6. The molecule has 1 aromatic carbocycles. The maximum atomic E-state index is 12.3. The molecule has 0 atom stereocenters. The van der Waals surface area contributed by atoms with Gasteiger partial charge in [-0.2, -0.15) is 0 Å². The Kier molecular flexibility index (Phi) is 5.00. The lowest BCUT2D eigenvalue weighted by atomic mass is 10.2. The van der Waals surface area contributed by atoms with Crippen molar-refractivity contribution in [2.75, 3.05) is 7.11 Å². The molecule has 0 aliphatic carbocycles. The van der Waals surface area contributed by atoms with Gasteiger partial charge >= 0.3 is 0 Å². The third-order valence-electron chi connectivity index (χ3n) is 2.96. The number of aliphatic hydroxyl groups is 1. The Balaban J connectivity index is 2.19. The predicted molar refractivity (Wildman–Crippen MR) is 82.0 cm³/mol. The first kappa shape index (κ1) is 16.0. The van der Waals surface area contributed by atoms with Crippen LogP contribution in [0.15, 0.2) is 35.2 Å². The zero-order valence-electron chi connectivity index (χ0n) is 11.8. The van der Waals surface area contributed by atoms with E-state index in [1.807, 2.05) is 19.1 Å². The molecule has 0 spiro atoms. The highest BCUT2D eigenvalue weighted by Gasteiger charge is 2.16.